The standard InChI is InChI=1S/C12H12N4O/c13-16-15-8-3-9-17-11-6-1-4-10-5-2-7-14-12(10)11/h1-2,4-7H,3,8-9H2. The lowest BCUT2D eigenvalue weighted by Crippen LogP contribution is -1.99. The first-order valence-electron chi connectivity index (χ1n) is 5.39. The topological polar surface area (TPSA) is 70.9 Å². The third kappa shape index (κ3) is 2.86. The van der Waals surface area contributed by atoms with E-state index in [1.807, 2.05) is 30.3 Å². The minimum Gasteiger partial charge on any atom is -0.491 e. The fourth-order valence-electron chi connectivity index (χ4n) is 1.55. The smallest absolute Gasteiger partial charge is 0.145 e. The molecule has 5 heteroatoms. The molecule has 0 aliphatic rings. The van der Waals surface area contributed by atoms with Crippen molar-refractivity contribution in [3.63, 3.8) is 0 Å². The number of rotatable bonds is 5. The average Bonchev–Trinajstić information content (AvgIpc) is 2.39. The van der Waals surface area contributed by atoms with Crippen LogP contribution in [0.4, 0.5) is 0 Å². The van der Waals surface area contributed by atoms with Crippen molar-refractivity contribution in [3.8, 4) is 5.75 Å². The van der Waals surface area contributed by atoms with Crippen LogP contribution in [0.25, 0.3) is 21.3 Å². The van der Waals surface area contributed by atoms with E-state index in [4.69, 9.17) is 10.3 Å². The van der Waals surface area contributed by atoms with E-state index in [9.17, 15) is 0 Å². The van der Waals surface area contributed by atoms with Crippen molar-refractivity contribution in [1.29, 1.82) is 0 Å². The number of pyridine rings is 1. The van der Waals surface area contributed by atoms with Crippen LogP contribution < -0.4 is 4.74 Å². The average molecular weight is 228 g/mol. The zero-order chi connectivity index (χ0) is 11.9. The highest BCUT2D eigenvalue weighted by atomic mass is 16.5. The summed E-state index contributed by atoms with van der Waals surface area (Å²) in [6.45, 7) is 0.976. The molecule has 1 aromatic heterocycles. The summed E-state index contributed by atoms with van der Waals surface area (Å²) >= 11 is 0. The summed E-state index contributed by atoms with van der Waals surface area (Å²) in [4.78, 5) is 6.98. The predicted molar refractivity (Wildman–Crippen MR) is 65.9 cm³/mol. The molecular formula is C12H12N4O. The van der Waals surface area contributed by atoms with Gasteiger partial charge in [0.05, 0.1) is 6.61 Å². The second kappa shape index (κ2) is 5.72. The fourth-order valence-corrected chi connectivity index (χ4v) is 1.55. The number of benzene rings is 1. The SMILES string of the molecule is [N-]=[N+]=NCCCOc1cccc2cccnc12. The number of nitrogens with zero attached hydrogens (tertiary/aromatic N) is 4. The second-order valence-electron chi connectivity index (χ2n) is 3.49. The van der Waals surface area contributed by atoms with Gasteiger partial charge < -0.3 is 4.74 Å². The predicted octanol–water partition coefficient (Wildman–Crippen LogP) is 3.31. The maximum atomic E-state index is 8.13. The molecule has 0 amide bonds. The van der Waals surface area contributed by atoms with E-state index < -0.39 is 0 Å². The highest BCUT2D eigenvalue weighted by molar-refractivity contribution is 5.84. The molecule has 0 bridgehead atoms. The Hall–Kier alpha value is -2.26. The maximum absolute atomic E-state index is 8.13. The Balaban J connectivity index is 2.05. The zero-order valence-electron chi connectivity index (χ0n) is 9.28. The van der Waals surface area contributed by atoms with Crippen molar-refractivity contribution >= 4 is 10.9 Å². The molecule has 0 atom stereocenters. The third-order valence-electron chi connectivity index (χ3n) is 2.32. The minimum atomic E-state index is 0.453. The van der Waals surface area contributed by atoms with Crippen LogP contribution in [0.15, 0.2) is 41.6 Å². The lowest BCUT2D eigenvalue weighted by Gasteiger charge is -2.07. The highest BCUT2D eigenvalue weighted by Gasteiger charge is 2.01. The van der Waals surface area contributed by atoms with E-state index in [1.165, 1.54) is 0 Å². The summed E-state index contributed by atoms with van der Waals surface area (Å²) < 4.78 is 5.62. The number of aromatic nitrogens is 1. The summed E-state index contributed by atoms with van der Waals surface area (Å²) in [6, 6.07) is 9.72. The molecule has 86 valence electrons. The lowest BCUT2D eigenvalue weighted by molar-refractivity contribution is 0.316. The Bertz CT molecular complexity index is 544. The van der Waals surface area contributed by atoms with Gasteiger partial charge in [-0.25, -0.2) is 0 Å². The van der Waals surface area contributed by atoms with Crippen molar-refractivity contribution in [2.75, 3.05) is 13.2 Å². The van der Waals surface area contributed by atoms with Gasteiger partial charge in [0.1, 0.15) is 11.3 Å². The van der Waals surface area contributed by atoms with E-state index >= 15 is 0 Å². The summed E-state index contributed by atoms with van der Waals surface area (Å²) in [5.41, 5.74) is 8.99. The molecule has 0 N–H and O–H groups in total. The van der Waals surface area contributed by atoms with E-state index in [0.717, 1.165) is 16.7 Å². The Kier molecular flexibility index (Phi) is 3.78. The Morgan fingerprint density at radius 2 is 2.18 bits per heavy atom. The molecule has 2 rings (SSSR count). The molecule has 0 radical (unpaired) electrons. The first kappa shape index (κ1) is 11.2. The molecule has 0 saturated heterocycles. The van der Waals surface area contributed by atoms with Gasteiger partial charge in [-0.1, -0.05) is 23.3 Å². The van der Waals surface area contributed by atoms with Crippen LogP contribution in [0.5, 0.6) is 5.75 Å². The molecule has 2 aromatic rings. The number of ether oxygens (including phenoxy) is 1. The van der Waals surface area contributed by atoms with Crippen LogP contribution in [-0.4, -0.2) is 18.1 Å². The number of hydrogen-bond donors (Lipinski definition) is 0. The van der Waals surface area contributed by atoms with Crippen LogP contribution in [0.2, 0.25) is 0 Å². The van der Waals surface area contributed by atoms with Gasteiger partial charge >= 0.3 is 0 Å². The molecule has 17 heavy (non-hydrogen) atoms. The lowest BCUT2D eigenvalue weighted by atomic mass is 10.2. The van der Waals surface area contributed by atoms with E-state index in [2.05, 4.69) is 15.0 Å². The molecule has 0 saturated carbocycles. The fraction of sp³-hybridized carbons (Fsp3) is 0.250. The molecule has 1 aromatic carbocycles. The van der Waals surface area contributed by atoms with Gasteiger partial charge in [0.2, 0.25) is 0 Å². The zero-order valence-corrected chi connectivity index (χ0v) is 9.28. The van der Waals surface area contributed by atoms with Crippen molar-refractivity contribution in [2.24, 2.45) is 5.11 Å². The normalized spacial score (nSPS) is 9.88. The van der Waals surface area contributed by atoms with Gasteiger partial charge in [0.15, 0.2) is 0 Å². The van der Waals surface area contributed by atoms with Gasteiger partial charge in [-0.15, -0.1) is 0 Å². The Morgan fingerprint density at radius 1 is 1.29 bits per heavy atom. The summed E-state index contributed by atoms with van der Waals surface area (Å²) in [6.07, 6.45) is 2.45. The summed E-state index contributed by atoms with van der Waals surface area (Å²) in [5.74, 6) is 0.768. The first-order valence-corrected chi connectivity index (χ1v) is 5.39. The van der Waals surface area contributed by atoms with Gasteiger partial charge in [-0.05, 0) is 24.1 Å². The molecule has 1 heterocycles. The van der Waals surface area contributed by atoms with Crippen LogP contribution in [-0.2, 0) is 0 Å². The largest absolute Gasteiger partial charge is 0.491 e. The van der Waals surface area contributed by atoms with Crippen LogP contribution in [0.1, 0.15) is 6.42 Å². The Labute approximate surface area is 98.7 Å². The van der Waals surface area contributed by atoms with Gasteiger partial charge in [0, 0.05) is 23.0 Å². The van der Waals surface area contributed by atoms with Gasteiger partial charge in [-0.2, -0.15) is 0 Å². The maximum Gasteiger partial charge on any atom is 0.145 e. The molecule has 0 aliphatic heterocycles. The third-order valence-corrected chi connectivity index (χ3v) is 2.32. The number of fused-ring (bicyclic) bond motifs is 1. The molecule has 0 spiro atoms. The molecule has 0 aliphatic carbocycles. The van der Waals surface area contributed by atoms with Crippen molar-refractivity contribution in [1.82, 2.24) is 4.98 Å². The number of hydrogen-bond acceptors (Lipinski definition) is 3. The Morgan fingerprint density at radius 3 is 3.06 bits per heavy atom. The van der Waals surface area contributed by atoms with E-state index in [0.29, 0.717) is 19.6 Å². The molecule has 5 nitrogen and oxygen atoms in total. The highest BCUT2D eigenvalue weighted by Crippen LogP contribution is 2.22. The van der Waals surface area contributed by atoms with Crippen LogP contribution >= 0.6 is 0 Å². The molecular weight excluding hydrogens is 216 g/mol. The van der Waals surface area contributed by atoms with E-state index in [1.54, 1.807) is 6.20 Å². The van der Waals surface area contributed by atoms with Crippen molar-refractivity contribution < 1.29 is 4.74 Å². The van der Waals surface area contributed by atoms with Gasteiger partial charge in [-0.3, -0.25) is 4.98 Å². The number of para-hydroxylation sites is 1. The molecule has 0 unspecified atom stereocenters. The second-order valence-corrected chi connectivity index (χ2v) is 3.49. The number of azide groups is 1. The van der Waals surface area contributed by atoms with Crippen LogP contribution in [0, 0.1) is 0 Å². The first-order chi connectivity index (χ1) is 8.42. The van der Waals surface area contributed by atoms with Crippen molar-refractivity contribution in [3.05, 3.63) is 47.0 Å². The van der Waals surface area contributed by atoms with Gasteiger partial charge in [0.25, 0.3) is 0 Å². The quantitative estimate of drug-likeness (QED) is 0.341. The van der Waals surface area contributed by atoms with Crippen LogP contribution in [0.3, 0.4) is 0 Å². The summed E-state index contributed by atoms with van der Waals surface area (Å²) in [5, 5.41) is 4.51. The molecule has 0 fully saturated rings. The van der Waals surface area contributed by atoms with Crippen molar-refractivity contribution in [2.45, 2.75) is 6.42 Å². The van der Waals surface area contributed by atoms with E-state index in [-0.39, 0.29) is 0 Å². The minimum absolute atomic E-state index is 0.453. The monoisotopic (exact) mass is 228 g/mol. The summed E-state index contributed by atoms with van der Waals surface area (Å²) in [7, 11) is 0.